The molecule has 0 saturated carbocycles. The Morgan fingerprint density at radius 1 is 1.67 bits per heavy atom. The maximum atomic E-state index is 11.0. The highest BCUT2D eigenvalue weighted by molar-refractivity contribution is 7.09. The van der Waals surface area contributed by atoms with Crippen molar-refractivity contribution in [3.8, 4) is 0 Å². The molecule has 0 aromatic carbocycles. The van der Waals surface area contributed by atoms with Crippen LogP contribution in [0.1, 0.15) is 11.3 Å². The third kappa shape index (κ3) is 3.02. The first-order valence-corrected chi connectivity index (χ1v) is 4.70. The minimum absolute atomic E-state index is 0.0194. The highest BCUT2D eigenvalue weighted by Gasteiger charge is 1.98. The van der Waals surface area contributed by atoms with E-state index in [1.165, 1.54) is 4.88 Å². The van der Waals surface area contributed by atoms with Gasteiger partial charge in [0.1, 0.15) is 0 Å². The molecule has 3 nitrogen and oxygen atoms in total. The summed E-state index contributed by atoms with van der Waals surface area (Å²) in [6.07, 6.45) is 0.408. The summed E-state index contributed by atoms with van der Waals surface area (Å²) in [4.78, 5) is 12.1. The zero-order valence-electron chi connectivity index (χ0n) is 6.75. The van der Waals surface area contributed by atoms with Crippen LogP contribution in [0, 0.1) is 0 Å². The standard InChI is InChI=1S/C8H12N2OS/c9-4-3-8(11)10-6-7-2-1-5-12-7/h1-2,5H,3-4,6,9H2,(H,10,11). The number of nitrogens with two attached hydrogens (primary N) is 1. The first-order chi connectivity index (χ1) is 5.83. The molecule has 66 valence electrons. The van der Waals surface area contributed by atoms with Gasteiger partial charge in [-0.2, -0.15) is 0 Å². The van der Waals surface area contributed by atoms with Crippen molar-refractivity contribution in [3.63, 3.8) is 0 Å². The van der Waals surface area contributed by atoms with E-state index in [9.17, 15) is 4.79 Å². The summed E-state index contributed by atoms with van der Waals surface area (Å²) in [7, 11) is 0. The van der Waals surface area contributed by atoms with Crippen LogP contribution in [0.3, 0.4) is 0 Å². The zero-order valence-corrected chi connectivity index (χ0v) is 7.56. The third-order valence-corrected chi connectivity index (χ3v) is 2.29. The number of carbonyl (C=O) groups excluding carboxylic acids is 1. The SMILES string of the molecule is NCCC(=O)NCc1cccs1. The van der Waals surface area contributed by atoms with Gasteiger partial charge in [0, 0.05) is 17.8 Å². The van der Waals surface area contributed by atoms with Crippen LogP contribution in [0.2, 0.25) is 0 Å². The van der Waals surface area contributed by atoms with Crippen molar-refractivity contribution in [3.05, 3.63) is 22.4 Å². The number of hydrogen-bond donors (Lipinski definition) is 2. The Hall–Kier alpha value is -0.870. The van der Waals surface area contributed by atoms with Crippen molar-refractivity contribution in [1.82, 2.24) is 5.32 Å². The van der Waals surface area contributed by atoms with Crippen LogP contribution in [0.5, 0.6) is 0 Å². The molecule has 1 rings (SSSR count). The summed E-state index contributed by atoms with van der Waals surface area (Å²) in [5, 5.41) is 4.77. The molecule has 0 aliphatic heterocycles. The third-order valence-electron chi connectivity index (χ3n) is 1.41. The Labute approximate surface area is 75.6 Å². The molecule has 1 amide bonds. The van der Waals surface area contributed by atoms with E-state index in [2.05, 4.69) is 5.32 Å². The van der Waals surface area contributed by atoms with Crippen LogP contribution in [-0.4, -0.2) is 12.5 Å². The fraction of sp³-hybridized carbons (Fsp3) is 0.375. The van der Waals surface area contributed by atoms with Crippen LogP contribution in [0.15, 0.2) is 17.5 Å². The minimum atomic E-state index is 0.0194. The molecule has 0 radical (unpaired) electrons. The van der Waals surface area contributed by atoms with Gasteiger partial charge in [-0.05, 0) is 11.4 Å². The average Bonchev–Trinajstić information content (AvgIpc) is 2.53. The molecule has 0 saturated heterocycles. The molecule has 12 heavy (non-hydrogen) atoms. The molecule has 0 fully saturated rings. The van der Waals surface area contributed by atoms with E-state index in [0.717, 1.165) is 0 Å². The largest absolute Gasteiger partial charge is 0.351 e. The van der Waals surface area contributed by atoms with Crippen molar-refractivity contribution in [1.29, 1.82) is 0 Å². The van der Waals surface area contributed by atoms with Gasteiger partial charge in [0.05, 0.1) is 6.54 Å². The predicted octanol–water partition coefficient (Wildman–Crippen LogP) is 0.713. The van der Waals surface area contributed by atoms with Gasteiger partial charge in [0.2, 0.25) is 5.91 Å². The second kappa shape index (κ2) is 4.90. The first-order valence-electron chi connectivity index (χ1n) is 3.82. The maximum Gasteiger partial charge on any atom is 0.221 e. The van der Waals surface area contributed by atoms with Gasteiger partial charge < -0.3 is 11.1 Å². The lowest BCUT2D eigenvalue weighted by atomic mass is 10.4. The van der Waals surface area contributed by atoms with Gasteiger partial charge in [-0.15, -0.1) is 11.3 Å². The quantitative estimate of drug-likeness (QED) is 0.724. The Morgan fingerprint density at radius 3 is 3.08 bits per heavy atom. The number of nitrogens with one attached hydrogen (secondary N) is 1. The Bertz CT molecular complexity index is 233. The molecule has 0 bridgehead atoms. The Balaban J connectivity index is 2.22. The average molecular weight is 184 g/mol. The lowest BCUT2D eigenvalue weighted by Gasteiger charge is -2.00. The smallest absolute Gasteiger partial charge is 0.221 e. The maximum absolute atomic E-state index is 11.0. The summed E-state index contributed by atoms with van der Waals surface area (Å²) >= 11 is 1.64. The van der Waals surface area contributed by atoms with E-state index in [4.69, 9.17) is 5.73 Å². The molecule has 3 N–H and O–H groups in total. The molecule has 4 heteroatoms. The van der Waals surface area contributed by atoms with Gasteiger partial charge >= 0.3 is 0 Å². The van der Waals surface area contributed by atoms with Gasteiger partial charge in [-0.3, -0.25) is 4.79 Å². The second-order valence-electron chi connectivity index (χ2n) is 2.39. The zero-order chi connectivity index (χ0) is 8.81. The molecule has 0 aliphatic rings. The van der Waals surface area contributed by atoms with E-state index < -0.39 is 0 Å². The minimum Gasteiger partial charge on any atom is -0.351 e. The number of rotatable bonds is 4. The molecule has 0 spiro atoms. The number of carbonyl (C=O) groups is 1. The summed E-state index contributed by atoms with van der Waals surface area (Å²) in [5.41, 5.74) is 5.22. The lowest BCUT2D eigenvalue weighted by molar-refractivity contribution is -0.121. The summed E-state index contributed by atoms with van der Waals surface area (Å²) < 4.78 is 0. The first kappa shape index (κ1) is 9.22. The number of amides is 1. The number of hydrogen-bond acceptors (Lipinski definition) is 3. The fourth-order valence-electron chi connectivity index (χ4n) is 0.818. The van der Waals surface area contributed by atoms with Gasteiger partial charge in [-0.1, -0.05) is 6.07 Å². The Kier molecular flexibility index (Phi) is 3.76. The van der Waals surface area contributed by atoms with Crippen LogP contribution in [0.25, 0.3) is 0 Å². The van der Waals surface area contributed by atoms with Crippen molar-refractivity contribution in [2.45, 2.75) is 13.0 Å². The van der Waals surface area contributed by atoms with Crippen LogP contribution < -0.4 is 11.1 Å². The molecular weight excluding hydrogens is 172 g/mol. The summed E-state index contributed by atoms with van der Waals surface area (Å²) in [6, 6.07) is 3.96. The van der Waals surface area contributed by atoms with Crippen LogP contribution >= 0.6 is 11.3 Å². The van der Waals surface area contributed by atoms with E-state index in [1.807, 2.05) is 17.5 Å². The van der Waals surface area contributed by atoms with Gasteiger partial charge in [-0.25, -0.2) is 0 Å². The highest BCUT2D eigenvalue weighted by Crippen LogP contribution is 2.07. The van der Waals surface area contributed by atoms with Crippen LogP contribution in [0.4, 0.5) is 0 Å². The van der Waals surface area contributed by atoms with Crippen molar-refractivity contribution in [2.24, 2.45) is 5.73 Å². The van der Waals surface area contributed by atoms with E-state index in [-0.39, 0.29) is 5.91 Å². The van der Waals surface area contributed by atoms with E-state index in [0.29, 0.717) is 19.5 Å². The normalized spacial score (nSPS) is 9.75. The van der Waals surface area contributed by atoms with Crippen LogP contribution in [-0.2, 0) is 11.3 Å². The summed E-state index contributed by atoms with van der Waals surface area (Å²) in [5.74, 6) is 0.0194. The highest BCUT2D eigenvalue weighted by atomic mass is 32.1. The predicted molar refractivity (Wildman–Crippen MR) is 49.8 cm³/mol. The van der Waals surface area contributed by atoms with Crippen molar-refractivity contribution < 1.29 is 4.79 Å². The number of thiophene rings is 1. The molecule has 0 unspecified atom stereocenters. The fourth-order valence-corrected chi connectivity index (χ4v) is 1.46. The molecule has 0 atom stereocenters. The topological polar surface area (TPSA) is 55.1 Å². The molecule has 1 aromatic heterocycles. The van der Waals surface area contributed by atoms with Gasteiger partial charge in [0.15, 0.2) is 0 Å². The molecule has 0 aliphatic carbocycles. The van der Waals surface area contributed by atoms with E-state index >= 15 is 0 Å². The lowest BCUT2D eigenvalue weighted by Crippen LogP contribution is -2.24. The monoisotopic (exact) mass is 184 g/mol. The second-order valence-corrected chi connectivity index (χ2v) is 3.43. The molecule has 1 aromatic rings. The molecular formula is C8H12N2OS. The Morgan fingerprint density at radius 2 is 2.50 bits per heavy atom. The van der Waals surface area contributed by atoms with Crippen molar-refractivity contribution in [2.75, 3.05) is 6.54 Å². The van der Waals surface area contributed by atoms with Crippen molar-refractivity contribution >= 4 is 17.2 Å². The van der Waals surface area contributed by atoms with E-state index in [1.54, 1.807) is 11.3 Å². The molecule has 1 heterocycles. The van der Waals surface area contributed by atoms with Gasteiger partial charge in [0.25, 0.3) is 0 Å². The summed E-state index contributed by atoms with van der Waals surface area (Å²) in [6.45, 7) is 1.03.